The monoisotopic (exact) mass is 243 g/mol. The summed E-state index contributed by atoms with van der Waals surface area (Å²) in [5, 5.41) is 0. The van der Waals surface area contributed by atoms with Gasteiger partial charge < -0.3 is 10.5 Å². The van der Waals surface area contributed by atoms with Gasteiger partial charge in [-0.05, 0) is 44.0 Å². The standard InChI is InChI=1S/C13H19F2NO/c1-5-9-8-10(6-7-11(9)17-4)13(14,15)12(2,3)16/h6-8H,5,16H2,1-4H3. The van der Waals surface area contributed by atoms with Crippen molar-refractivity contribution in [2.75, 3.05) is 7.11 Å². The molecule has 1 aromatic rings. The number of benzene rings is 1. The van der Waals surface area contributed by atoms with Crippen LogP contribution in [0.25, 0.3) is 0 Å². The highest BCUT2D eigenvalue weighted by molar-refractivity contribution is 5.39. The van der Waals surface area contributed by atoms with Crippen LogP contribution in [0.3, 0.4) is 0 Å². The topological polar surface area (TPSA) is 35.2 Å². The molecule has 96 valence electrons. The Balaban J connectivity index is 3.25. The number of hydrogen-bond acceptors (Lipinski definition) is 2. The smallest absolute Gasteiger partial charge is 0.290 e. The molecule has 0 radical (unpaired) electrons. The SMILES string of the molecule is CCc1cc(C(F)(F)C(C)(C)N)ccc1OC. The average Bonchev–Trinajstić information content (AvgIpc) is 2.26. The van der Waals surface area contributed by atoms with Crippen LogP contribution in [-0.4, -0.2) is 12.6 Å². The van der Waals surface area contributed by atoms with Gasteiger partial charge in [-0.15, -0.1) is 0 Å². The van der Waals surface area contributed by atoms with Crippen LogP contribution in [0.4, 0.5) is 8.78 Å². The highest BCUT2D eigenvalue weighted by atomic mass is 19.3. The lowest BCUT2D eigenvalue weighted by molar-refractivity contribution is -0.0673. The molecule has 0 unspecified atom stereocenters. The lowest BCUT2D eigenvalue weighted by atomic mass is 9.90. The van der Waals surface area contributed by atoms with Gasteiger partial charge in [-0.25, -0.2) is 0 Å². The van der Waals surface area contributed by atoms with Crippen LogP contribution in [0.5, 0.6) is 5.75 Å². The van der Waals surface area contributed by atoms with Gasteiger partial charge in [0.05, 0.1) is 12.6 Å². The first-order chi connectivity index (χ1) is 7.74. The fraction of sp³-hybridized carbons (Fsp3) is 0.538. The van der Waals surface area contributed by atoms with Gasteiger partial charge in [0.15, 0.2) is 0 Å². The molecule has 0 fully saturated rings. The lowest BCUT2D eigenvalue weighted by Crippen LogP contribution is -2.48. The quantitative estimate of drug-likeness (QED) is 0.882. The van der Waals surface area contributed by atoms with E-state index in [1.807, 2.05) is 6.92 Å². The number of methoxy groups -OCH3 is 1. The zero-order valence-electron chi connectivity index (χ0n) is 10.7. The fourth-order valence-corrected chi connectivity index (χ4v) is 1.62. The third-order valence-electron chi connectivity index (χ3n) is 2.83. The Labute approximate surface area is 101 Å². The second-order valence-electron chi connectivity index (χ2n) is 4.68. The van der Waals surface area contributed by atoms with Crippen molar-refractivity contribution in [1.29, 1.82) is 0 Å². The molecule has 0 saturated carbocycles. The molecule has 4 heteroatoms. The highest BCUT2D eigenvalue weighted by Gasteiger charge is 2.45. The number of nitrogens with two attached hydrogens (primary N) is 1. The Morgan fingerprint density at radius 2 is 1.88 bits per heavy atom. The minimum Gasteiger partial charge on any atom is -0.496 e. The molecule has 0 aliphatic carbocycles. The van der Waals surface area contributed by atoms with Crippen molar-refractivity contribution in [2.24, 2.45) is 5.73 Å². The summed E-state index contributed by atoms with van der Waals surface area (Å²) in [6.45, 7) is 4.54. The van der Waals surface area contributed by atoms with Crippen molar-refractivity contribution in [3.05, 3.63) is 29.3 Å². The van der Waals surface area contributed by atoms with Crippen molar-refractivity contribution in [1.82, 2.24) is 0 Å². The summed E-state index contributed by atoms with van der Waals surface area (Å²) in [7, 11) is 1.53. The van der Waals surface area contributed by atoms with Crippen LogP contribution >= 0.6 is 0 Å². The first-order valence-corrected chi connectivity index (χ1v) is 5.58. The molecule has 1 rings (SSSR count). The summed E-state index contributed by atoms with van der Waals surface area (Å²) in [4.78, 5) is 0. The minimum absolute atomic E-state index is 0.0670. The summed E-state index contributed by atoms with van der Waals surface area (Å²) < 4.78 is 33.2. The molecule has 1 aromatic carbocycles. The number of hydrogen-bond donors (Lipinski definition) is 1. The maximum atomic E-state index is 14.0. The number of rotatable bonds is 4. The molecule has 0 saturated heterocycles. The van der Waals surface area contributed by atoms with Crippen LogP contribution in [-0.2, 0) is 12.3 Å². The van der Waals surface area contributed by atoms with Gasteiger partial charge in [-0.1, -0.05) is 6.92 Å². The first kappa shape index (κ1) is 13.9. The maximum Gasteiger partial charge on any atom is 0.290 e. The third-order valence-corrected chi connectivity index (χ3v) is 2.83. The second-order valence-corrected chi connectivity index (χ2v) is 4.68. The lowest BCUT2D eigenvalue weighted by Gasteiger charge is -2.31. The molecule has 0 heterocycles. The molecular formula is C13H19F2NO. The molecule has 0 aromatic heterocycles. The van der Waals surface area contributed by atoms with Crippen LogP contribution in [0.15, 0.2) is 18.2 Å². The Morgan fingerprint density at radius 1 is 1.29 bits per heavy atom. The van der Waals surface area contributed by atoms with E-state index in [0.29, 0.717) is 12.2 Å². The van der Waals surface area contributed by atoms with Crippen LogP contribution < -0.4 is 10.5 Å². The number of aryl methyl sites for hydroxylation is 1. The molecule has 0 aliphatic heterocycles. The van der Waals surface area contributed by atoms with Crippen LogP contribution in [0.2, 0.25) is 0 Å². The summed E-state index contributed by atoms with van der Waals surface area (Å²) >= 11 is 0. The largest absolute Gasteiger partial charge is 0.496 e. The fourth-order valence-electron chi connectivity index (χ4n) is 1.62. The third kappa shape index (κ3) is 2.57. The number of alkyl halides is 2. The normalized spacial score (nSPS) is 12.6. The van der Waals surface area contributed by atoms with Crippen molar-refractivity contribution in [3.63, 3.8) is 0 Å². The summed E-state index contributed by atoms with van der Waals surface area (Å²) in [5.41, 5.74) is 4.63. The van der Waals surface area contributed by atoms with Crippen molar-refractivity contribution >= 4 is 0 Å². The Hall–Kier alpha value is -1.16. The molecular weight excluding hydrogens is 224 g/mol. The van der Waals surface area contributed by atoms with Gasteiger partial charge in [0.1, 0.15) is 5.75 Å². The molecule has 0 aliphatic rings. The van der Waals surface area contributed by atoms with E-state index >= 15 is 0 Å². The van der Waals surface area contributed by atoms with E-state index in [2.05, 4.69) is 0 Å². The Morgan fingerprint density at radius 3 is 2.29 bits per heavy atom. The predicted molar refractivity (Wildman–Crippen MR) is 64.5 cm³/mol. The summed E-state index contributed by atoms with van der Waals surface area (Å²) in [6, 6.07) is 4.40. The van der Waals surface area contributed by atoms with Gasteiger partial charge in [0.2, 0.25) is 0 Å². The zero-order chi connectivity index (χ0) is 13.3. The molecule has 0 spiro atoms. The van der Waals surface area contributed by atoms with E-state index in [1.54, 1.807) is 6.07 Å². The van der Waals surface area contributed by atoms with E-state index in [0.717, 1.165) is 5.56 Å². The predicted octanol–water partition coefficient (Wildman–Crippen LogP) is 3.09. The Kier molecular flexibility index (Phi) is 3.77. The van der Waals surface area contributed by atoms with Gasteiger partial charge in [-0.3, -0.25) is 0 Å². The minimum atomic E-state index is -3.07. The van der Waals surface area contributed by atoms with E-state index in [9.17, 15) is 8.78 Å². The number of halogens is 2. The molecule has 2 nitrogen and oxygen atoms in total. The van der Waals surface area contributed by atoms with Gasteiger partial charge in [-0.2, -0.15) is 8.78 Å². The van der Waals surface area contributed by atoms with Gasteiger partial charge in [0.25, 0.3) is 5.92 Å². The molecule has 0 amide bonds. The second kappa shape index (κ2) is 4.61. The highest BCUT2D eigenvalue weighted by Crippen LogP contribution is 2.38. The van der Waals surface area contributed by atoms with Crippen molar-refractivity contribution in [2.45, 2.75) is 38.7 Å². The molecule has 2 N–H and O–H groups in total. The molecule has 0 atom stereocenters. The van der Waals surface area contributed by atoms with E-state index in [4.69, 9.17) is 10.5 Å². The average molecular weight is 243 g/mol. The molecule has 0 bridgehead atoms. The Bertz CT molecular complexity index is 397. The first-order valence-electron chi connectivity index (χ1n) is 5.58. The summed E-state index contributed by atoms with van der Waals surface area (Å²) in [5.74, 6) is -2.44. The van der Waals surface area contributed by atoms with Gasteiger partial charge >= 0.3 is 0 Å². The van der Waals surface area contributed by atoms with E-state index < -0.39 is 11.5 Å². The number of ether oxygens (including phenoxy) is 1. The van der Waals surface area contributed by atoms with E-state index in [-0.39, 0.29) is 5.56 Å². The maximum absolute atomic E-state index is 14.0. The van der Waals surface area contributed by atoms with Crippen molar-refractivity contribution in [3.8, 4) is 5.75 Å². The summed E-state index contributed by atoms with van der Waals surface area (Å²) in [6.07, 6.45) is 0.637. The van der Waals surface area contributed by atoms with Crippen LogP contribution in [0, 0.1) is 0 Å². The van der Waals surface area contributed by atoms with E-state index in [1.165, 1.54) is 33.1 Å². The van der Waals surface area contributed by atoms with Crippen LogP contribution in [0.1, 0.15) is 31.9 Å². The van der Waals surface area contributed by atoms with Gasteiger partial charge in [0, 0.05) is 5.56 Å². The zero-order valence-corrected chi connectivity index (χ0v) is 10.7. The molecule has 17 heavy (non-hydrogen) atoms. The van der Waals surface area contributed by atoms with Crippen molar-refractivity contribution < 1.29 is 13.5 Å².